The first-order chi connectivity index (χ1) is 8.31. The van der Waals surface area contributed by atoms with Crippen molar-refractivity contribution in [1.29, 1.82) is 0 Å². The maximum atomic E-state index is 5.76. The summed E-state index contributed by atoms with van der Waals surface area (Å²) in [5, 5.41) is 2.11. The third kappa shape index (κ3) is 2.46. The summed E-state index contributed by atoms with van der Waals surface area (Å²) in [6, 6.07) is 10.1. The molecule has 1 aromatic carbocycles. The zero-order valence-electron chi connectivity index (χ0n) is 8.92. The predicted octanol–water partition coefficient (Wildman–Crippen LogP) is 4.23. The molecule has 3 rings (SSSR count). The molecule has 0 bridgehead atoms. The van der Waals surface area contributed by atoms with Gasteiger partial charge >= 0.3 is 0 Å². The lowest BCUT2D eigenvalue weighted by atomic mass is 10.3. The molecular weight excluding hydrogens is 268 g/mol. The molecule has 0 saturated heterocycles. The number of fused-ring (bicyclic) bond motifs is 1. The minimum atomic E-state index is 0.802. The summed E-state index contributed by atoms with van der Waals surface area (Å²) < 4.78 is 2.28. The van der Waals surface area contributed by atoms with E-state index in [1.54, 1.807) is 34.4 Å². The first-order valence-electron chi connectivity index (χ1n) is 5.12. The van der Waals surface area contributed by atoms with Gasteiger partial charge in [0.2, 0.25) is 0 Å². The Bertz CT molecular complexity index is 628. The Hall–Kier alpha value is -1.04. The number of thiophene rings is 1. The second kappa shape index (κ2) is 4.68. The molecule has 2 nitrogen and oxygen atoms in total. The summed E-state index contributed by atoms with van der Waals surface area (Å²) in [6.45, 7) is 0. The zero-order chi connectivity index (χ0) is 11.7. The standard InChI is InChI=1S/C12H10N2S3/c13-8-3-4-10-11(6-8)17-12(14-10)16-7-9-2-1-5-15-9/h1-6H,7,13H2. The van der Waals surface area contributed by atoms with E-state index in [-0.39, 0.29) is 0 Å². The molecule has 0 unspecified atom stereocenters. The lowest BCUT2D eigenvalue weighted by Gasteiger charge is -1.92. The van der Waals surface area contributed by atoms with E-state index in [4.69, 9.17) is 5.73 Å². The SMILES string of the molecule is Nc1ccc2nc(SCc3cccs3)sc2c1. The number of nitrogens with two attached hydrogens (primary N) is 1. The van der Waals surface area contributed by atoms with Gasteiger partial charge in [0.15, 0.2) is 4.34 Å². The average molecular weight is 278 g/mol. The van der Waals surface area contributed by atoms with Crippen molar-refractivity contribution >= 4 is 50.3 Å². The van der Waals surface area contributed by atoms with Gasteiger partial charge in [-0.1, -0.05) is 17.8 Å². The number of aromatic nitrogens is 1. The highest BCUT2D eigenvalue weighted by atomic mass is 32.2. The number of benzene rings is 1. The molecule has 0 spiro atoms. The van der Waals surface area contributed by atoms with Gasteiger partial charge in [-0.15, -0.1) is 22.7 Å². The van der Waals surface area contributed by atoms with Crippen molar-refractivity contribution in [2.24, 2.45) is 0 Å². The number of nitrogens with zero attached hydrogens (tertiary/aromatic N) is 1. The smallest absolute Gasteiger partial charge is 0.151 e. The van der Waals surface area contributed by atoms with Crippen LogP contribution in [0.4, 0.5) is 5.69 Å². The van der Waals surface area contributed by atoms with E-state index < -0.39 is 0 Å². The van der Waals surface area contributed by atoms with Gasteiger partial charge in [-0.05, 0) is 29.6 Å². The Morgan fingerprint density at radius 1 is 1.29 bits per heavy atom. The van der Waals surface area contributed by atoms with Crippen molar-refractivity contribution < 1.29 is 0 Å². The van der Waals surface area contributed by atoms with E-state index in [0.717, 1.165) is 21.3 Å². The first kappa shape index (κ1) is 11.1. The molecule has 17 heavy (non-hydrogen) atoms. The van der Waals surface area contributed by atoms with Crippen LogP contribution in [0.3, 0.4) is 0 Å². The fourth-order valence-corrected chi connectivity index (χ4v) is 4.40. The van der Waals surface area contributed by atoms with Crippen LogP contribution in [0.5, 0.6) is 0 Å². The summed E-state index contributed by atoms with van der Waals surface area (Å²) in [6.07, 6.45) is 0. The normalized spacial score (nSPS) is 11.1. The number of rotatable bonds is 3. The molecule has 2 aromatic heterocycles. The van der Waals surface area contributed by atoms with E-state index in [9.17, 15) is 0 Å². The maximum Gasteiger partial charge on any atom is 0.151 e. The highest BCUT2D eigenvalue weighted by Crippen LogP contribution is 2.33. The van der Waals surface area contributed by atoms with Crippen molar-refractivity contribution in [2.75, 3.05) is 5.73 Å². The largest absolute Gasteiger partial charge is 0.399 e. The molecule has 0 saturated carbocycles. The van der Waals surface area contributed by atoms with E-state index in [1.807, 2.05) is 18.2 Å². The van der Waals surface area contributed by atoms with Crippen LogP contribution >= 0.6 is 34.4 Å². The van der Waals surface area contributed by atoms with E-state index >= 15 is 0 Å². The van der Waals surface area contributed by atoms with Crippen molar-refractivity contribution in [3.05, 3.63) is 40.6 Å². The number of nitrogen functional groups attached to an aromatic ring is 1. The highest BCUT2D eigenvalue weighted by molar-refractivity contribution is 8.00. The van der Waals surface area contributed by atoms with Gasteiger partial charge in [0.25, 0.3) is 0 Å². The number of anilines is 1. The van der Waals surface area contributed by atoms with Gasteiger partial charge in [0.1, 0.15) is 0 Å². The van der Waals surface area contributed by atoms with Gasteiger partial charge in [-0.3, -0.25) is 0 Å². The van der Waals surface area contributed by atoms with E-state index in [1.165, 1.54) is 9.58 Å². The quantitative estimate of drug-likeness (QED) is 0.575. The Kier molecular flexibility index (Phi) is 3.05. The van der Waals surface area contributed by atoms with Crippen molar-refractivity contribution in [1.82, 2.24) is 4.98 Å². The Labute approximate surface area is 111 Å². The lowest BCUT2D eigenvalue weighted by Crippen LogP contribution is -1.81. The fraction of sp³-hybridized carbons (Fsp3) is 0.0833. The Morgan fingerprint density at radius 3 is 3.06 bits per heavy atom. The molecule has 0 atom stereocenters. The average Bonchev–Trinajstić information content (AvgIpc) is 2.94. The number of thioether (sulfide) groups is 1. The van der Waals surface area contributed by atoms with Crippen LogP contribution in [-0.2, 0) is 5.75 Å². The summed E-state index contributed by atoms with van der Waals surface area (Å²) in [4.78, 5) is 5.97. The van der Waals surface area contributed by atoms with Crippen LogP contribution in [0, 0.1) is 0 Å². The van der Waals surface area contributed by atoms with Gasteiger partial charge in [-0.2, -0.15) is 0 Å². The molecule has 86 valence electrons. The van der Waals surface area contributed by atoms with Crippen molar-refractivity contribution in [3.63, 3.8) is 0 Å². The molecule has 2 heterocycles. The monoisotopic (exact) mass is 278 g/mol. The second-order valence-corrected chi connectivity index (χ2v) is 6.86. The highest BCUT2D eigenvalue weighted by Gasteiger charge is 2.05. The van der Waals surface area contributed by atoms with Crippen LogP contribution in [0.1, 0.15) is 4.88 Å². The van der Waals surface area contributed by atoms with E-state index in [2.05, 4.69) is 22.5 Å². The topological polar surface area (TPSA) is 38.9 Å². The second-order valence-electron chi connectivity index (χ2n) is 3.57. The molecule has 3 aromatic rings. The molecule has 0 amide bonds. The minimum absolute atomic E-state index is 0.802. The number of thiazole rings is 1. The minimum Gasteiger partial charge on any atom is -0.399 e. The van der Waals surface area contributed by atoms with Gasteiger partial charge in [-0.25, -0.2) is 4.98 Å². The van der Waals surface area contributed by atoms with Crippen molar-refractivity contribution in [3.8, 4) is 0 Å². The lowest BCUT2D eigenvalue weighted by molar-refractivity contribution is 1.30. The third-order valence-electron chi connectivity index (χ3n) is 2.31. The molecular formula is C12H10N2S3. The zero-order valence-corrected chi connectivity index (χ0v) is 11.4. The predicted molar refractivity (Wildman–Crippen MR) is 77.9 cm³/mol. The van der Waals surface area contributed by atoms with Crippen LogP contribution < -0.4 is 5.73 Å². The number of hydrogen-bond donors (Lipinski definition) is 1. The summed E-state index contributed by atoms with van der Waals surface area (Å²) in [5.74, 6) is 0.993. The van der Waals surface area contributed by atoms with Crippen LogP contribution in [0.15, 0.2) is 40.1 Å². The third-order valence-corrected chi connectivity index (χ3v) is 5.58. The molecule has 0 aliphatic rings. The van der Waals surface area contributed by atoms with Crippen molar-refractivity contribution in [2.45, 2.75) is 10.1 Å². The van der Waals surface area contributed by atoms with Gasteiger partial charge < -0.3 is 5.73 Å². The Balaban J connectivity index is 1.81. The first-order valence-corrected chi connectivity index (χ1v) is 7.81. The van der Waals surface area contributed by atoms with Gasteiger partial charge in [0, 0.05) is 16.3 Å². The van der Waals surface area contributed by atoms with Crippen LogP contribution in [-0.4, -0.2) is 4.98 Å². The van der Waals surface area contributed by atoms with Gasteiger partial charge in [0.05, 0.1) is 10.2 Å². The molecule has 0 aliphatic carbocycles. The number of hydrogen-bond acceptors (Lipinski definition) is 5. The van der Waals surface area contributed by atoms with Crippen LogP contribution in [0.2, 0.25) is 0 Å². The Morgan fingerprint density at radius 2 is 2.24 bits per heavy atom. The molecule has 0 radical (unpaired) electrons. The summed E-state index contributed by atoms with van der Waals surface area (Å²) >= 11 is 5.28. The summed E-state index contributed by atoms with van der Waals surface area (Å²) in [5.41, 5.74) is 7.60. The fourth-order valence-electron chi connectivity index (χ4n) is 1.51. The molecule has 2 N–H and O–H groups in total. The summed E-state index contributed by atoms with van der Waals surface area (Å²) in [7, 11) is 0. The molecule has 0 fully saturated rings. The molecule has 5 heteroatoms. The maximum absolute atomic E-state index is 5.76. The van der Waals surface area contributed by atoms with Crippen LogP contribution in [0.25, 0.3) is 10.2 Å². The molecule has 0 aliphatic heterocycles. The van der Waals surface area contributed by atoms with E-state index in [0.29, 0.717) is 0 Å².